The molecule has 1 heterocycles. The molecule has 8 rings (SSSR count). The summed E-state index contributed by atoms with van der Waals surface area (Å²) in [5, 5.41) is 18.0. The molecule has 0 unspecified atom stereocenters. The van der Waals surface area contributed by atoms with Gasteiger partial charge < -0.3 is 5.73 Å². The Labute approximate surface area is 286 Å². The van der Waals surface area contributed by atoms with Crippen molar-refractivity contribution in [2.75, 3.05) is 5.73 Å². The summed E-state index contributed by atoms with van der Waals surface area (Å²) < 4.78 is 0. The molecular formula is C45H34N4. The maximum atomic E-state index is 8.47. The minimum absolute atomic E-state index is 0.233. The number of nitrogens with one attached hydrogen (secondary N) is 2. The Morgan fingerprint density at radius 3 is 1.53 bits per heavy atom. The Morgan fingerprint density at radius 1 is 0.429 bits per heavy atom. The molecule has 1 aliphatic carbocycles. The number of nitrogens with two attached hydrogens (primary N) is 1. The average Bonchev–Trinajstić information content (AvgIpc) is 3.17. The summed E-state index contributed by atoms with van der Waals surface area (Å²) in [5.41, 5.74) is 18.7. The smallest absolute Gasteiger partial charge is 0.0867 e. The monoisotopic (exact) mass is 630 g/mol. The van der Waals surface area contributed by atoms with E-state index >= 15 is 0 Å². The lowest BCUT2D eigenvalue weighted by atomic mass is 9.87. The quantitative estimate of drug-likeness (QED) is 0.131. The number of hydrogen-bond donors (Lipinski definition) is 3. The number of pyridine rings is 1. The van der Waals surface area contributed by atoms with Gasteiger partial charge in [0.25, 0.3) is 0 Å². The van der Waals surface area contributed by atoms with Crippen molar-refractivity contribution in [1.82, 2.24) is 4.98 Å². The van der Waals surface area contributed by atoms with Crippen LogP contribution in [0.1, 0.15) is 11.1 Å². The van der Waals surface area contributed by atoms with Gasteiger partial charge in [-0.2, -0.15) is 0 Å². The number of nitrogens with zero attached hydrogens (tertiary/aromatic N) is 1. The van der Waals surface area contributed by atoms with Crippen molar-refractivity contribution in [3.63, 3.8) is 0 Å². The number of para-hydroxylation sites is 1. The SMILES string of the molecule is N=C1C=C(c2ccc(-c3ccccc3)cc2)C=C(c2ccc(-c3ccccc3)cc2)C1=N.Nc1ccc(-c2ccnc3ccccc23)cc1. The van der Waals surface area contributed by atoms with E-state index in [1.807, 2.05) is 109 Å². The lowest BCUT2D eigenvalue weighted by Gasteiger charge is -2.17. The van der Waals surface area contributed by atoms with Crippen LogP contribution in [0.4, 0.5) is 5.69 Å². The van der Waals surface area contributed by atoms with Gasteiger partial charge in [-0.15, -0.1) is 0 Å². The zero-order chi connectivity index (χ0) is 33.6. The van der Waals surface area contributed by atoms with Gasteiger partial charge in [0, 0.05) is 22.8 Å². The first-order valence-electron chi connectivity index (χ1n) is 16.2. The zero-order valence-electron chi connectivity index (χ0n) is 26.8. The molecule has 0 amide bonds. The number of rotatable bonds is 5. The molecule has 0 saturated carbocycles. The molecule has 1 aliphatic rings. The highest BCUT2D eigenvalue weighted by atomic mass is 14.6. The topological polar surface area (TPSA) is 86.6 Å². The molecule has 0 atom stereocenters. The number of aromatic nitrogens is 1. The van der Waals surface area contributed by atoms with Crippen LogP contribution in [0, 0.1) is 10.8 Å². The summed E-state index contributed by atoms with van der Waals surface area (Å²) in [7, 11) is 0. The fourth-order valence-electron chi connectivity index (χ4n) is 6.01. The fourth-order valence-corrected chi connectivity index (χ4v) is 6.01. The van der Waals surface area contributed by atoms with Gasteiger partial charge in [0.15, 0.2) is 0 Å². The van der Waals surface area contributed by atoms with Gasteiger partial charge in [0.2, 0.25) is 0 Å². The van der Waals surface area contributed by atoms with Gasteiger partial charge in [0.1, 0.15) is 0 Å². The Hall–Kier alpha value is -6.65. The van der Waals surface area contributed by atoms with Crippen LogP contribution in [-0.2, 0) is 0 Å². The molecular weight excluding hydrogens is 597 g/mol. The van der Waals surface area contributed by atoms with Gasteiger partial charge in [0.05, 0.1) is 16.9 Å². The van der Waals surface area contributed by atoms with E-state index in [1.54, 1.807) is 6.08 Å². The van der Waals surface area contributed by atoms with Crippen LogP contribution in [0.25, 0.3) is 55.4 Å². The summed E-state index contributed by atoms with van der Waals surface area (Å²) >= 11 is 0. The second-order valence-electron chi connectivity index (χ2n) is 11.8. The molecule has 6 aromatic carbocycles. The Morgan fingerprint density at radius 2 is 0.918 bits per heavy atom. The van der Waals surface area contributed by atoms with Crippen molar-refractivity contribution < 1.29 is 0 Å². The van der Waals surface area contributed by atoms with Gasteiger partial charge >= 0.3 is 0 Å². The van der Waals surface area contributed by atoms with Crippen molar-refractivity contribution in [1.29, 1.82) is 10.8 Å². The molecule has 0 spiro atoms. The van der Waals surface area contributed by atoms with Crippen LogP contribution < -0.4 is 5.73 Å². The molecule has 234 valence electrons. The van der Waals surface area contributed by atoms with E-state index in [-0.39, 0.29) is 11.4 Å². The Bertz CT molecular complexity index is 2310. The van der Waals surface area contributed by atoms with E-state index in [9.17, 15) is 0 Å². The zero-order valence-corrected chi connectivity index (χ0v) is 26.8. The molecule has 0 radical (unpaired) electrons. The van der Waals surface area contributed by atoms with E-state index in [4.69, 9.17) is 16.6 Å². The molecule has 7 aromatic rings. The molecule has 0 bridgehead atoms. The van der Waals surface area contributed by atoms with Crippen molar-refractivity contribution >= 4 is 39.2 Å². The van der Waals surface area contributed by atoms with E-state index in [1.165, 1.54) is 22.1 Å². The van der Waals surface area contributed by atoms with E-state index in [0.29, 0.717) is 0 Å². The summed E-state index contributed by atoms with van der Waals surface area (Å²) in [6.45, 7) is 0. The van der Waals surface area contributed by atoms with Crippen molar-refractivity contribution in [2.24, 2.45) is 0 Å². The highest BCUT2D eigenvalue weighted by Gasteiger charge is 2.18. The molecule has 0 saturated heterocycles. The minimum atomic E-state index is 0.233. The van der Waals surface area contributed by atoms with Crippen molar-refractivity contribution in [3.05, 3.63) is 193 Å². The minimum Gasteiger partial charge on any atom is -0.399 e. The van der Waals surface area contributed by atoms with Crippen LogP contribution >= 0.6 is 0 Å². The predicted molar refractivity (Wildman–Crippen MR) is 207 cm³/mol. The van der Waals surface area contributed by atoms with Gasteiger partial charge in [-0.3, -0.25) is 15.8 Å². The molecule has 49 heavy (non-hydrogen) atoms. The number of benzene rings is 6. The van der Waals surface area contributed by atoms with E-state index in [0.717, 1.165) is 50.2 Å². The molecule has 0 aliphatic heterocycles. The van der Waals surface area contributed by atoms with Crippen LogP contribution in [-0.4, -0.2) is 16.4 Å². The summed E-state index contributed by atoms with van der Waals surface area (Å²) in [4.78, 5) is 4.36. The lowest BCUT2D eigenvalue weighted by molar-refractivity contribution is 1.41. The second-order valence-corrected chi connectivity index (χ2v) is 11.8. The maximum absolute atomic E-state index is 8.47. The first-order chi connectivity index (χ1) is 24.0. The van der Waals surface area contributed by atoms with Gasteiger partial charge in [-0.1, -0.05) is 140 Å². The highest BCUT2D eigenvalue weighted by Crippen LogP contribution is 2.31. The summed E-state index contributed by atoms with van der Waals surface area (Å²) in [6, 6.07) is 55.3. The lowest BCUT2D eigenvalue weighted by Crippen LogP contribution is -2.15. The Balaban J connectivity index is 0.000000186. The standard InChI is InChI=1S/C30H22N2.C15H12N2/c31-29-20-27(25-13-11-23(12-14-25)21-7-3-1-4-8-21)19-28(30(29)32)26-17-15-24(16-18-26)22-9-5-2-6-10-22;16-12-7-5-11(6-8-12)13-9-10-17-15-4-2-1-3-14(13)15/h1-20,31-32H;1-10H,16H2. The first kappa shape index (κ1) is 31.0. The van der Waals surface area contributed by atoms with Crippen molar-refractivity contribution in [3.8, 4) is 33.4 Å². The van der Waals surface area contributed by atoms with Crippen LogP contribution in [0.5, 0.6) is 0 Å². The second kappa shape index (κ2) is 14.0. The first-order valence-corrected chi connectivity index (χ1v) is 16.2. The molecule has 0 fully saturated rings. The maximum Gasteiger partial charge on any atom is 0.0867 e. The van der Waals surface area contributed by atoms with Crippen LogP contribution in [0.15, 0.2) is 182 Å². The summed E-state index contributed by atoms with van der Waals surface area (Å²) in [6.07, 6.45) is 5.64. The third kappa shape index (κ3) is 6.90. The number of hydrogen-bond acceptors (Lipinski definition) is 4. The third-order valence-electron chi connectivity index (χ3n) is 8.64. The number of nitrogen functional groups attached to an aromatic ring is 1. The van der Waals surface area contributed by atoms with Crippen molar-refractivity contribution in [2.45, 2.75) is 0 Å². The fraction of sp³-hybridized carbons (Fsp3) is 0. The van der Waals surface area contributed by atoms with Gasteiger partial charge in [-0.25, -0.2) is 0 Å². The molecule has 4 N–H and O–H groups in total. The number of allylic oxidation sites excluding steroid dienone is 4. The van der Waals surface area contributed by atoms with E-state index < -0.39 is 0 Å². The molecule has 4 heteroatoms. The highest BCUT2D eigenvalue weighted by molar-refractivity contribution is 6.61. The Kier molecular flexibility index (Phi) is 8.85. The van der Waals surface area contributed by atoms with Crippen LogP contribution in [0.2, 0.25) is 0 Å². The molecule has 4 nitrogen and oxygen atoms in total. The molecule has 1 aromatic heterocycles. The van der Waals surface area contributed by atoms with Gasteiger partial charge in [-0.05, 0) is 86.5 Å². The van der Waals surface area contributed by atoms with Crippen LogP contribution in [0.3, 0.4) is 0 Å². The van der Waals surface area contributed by atoms with E-state index in [2.05, 4.69) is 71.7 Å². The summed E-state index contributed by atoms with van der Waals surface area (Å²) in [5.74, 6) is 0. The average molecular weight is 631 g/mol. The third-order valence-corrected chi connectivity index (χ3v) is 8.64. The normalized spacial score (nSPS) is 12.5. The largest absolute Gasteiger partial charge is 0.399 e. The number of anilines is 1. The number of fused-ring (bicyclic) bond motifs is 1. The predicted octanol–water partition coefficient (Wildman–Crippen LogP) is 11.0.